The SMILES string of the molecule is C[C@@H](O)c1ccc(N2CCN(C)CC2)c(F)c1. The highest BCUT2D eigenvalue weighted by molar-refractivity contribution is 5.49. The number of piperazine rings is 1. The molecule has 0 aromatic heterocycles. The number of anilines is 1. The molecule has 1 heterocycles. The Morgan fingerprint density at radius 2 is 1.88 bits per heavy atom. The predicted octanol–water partition coefficient (Wildman–Crippen LogP) is 1.63. The molecule has 1 atom stereocenters. The molecule has 1 aromatic carbocycles. The number of hydrogen-bond donors (Lipinski definition) is 1. The van der Waals surface area contributed by atoms with Gasteiger partial charge in [-0.15, -0.1) is 0 Å². The average Bonchev–Trinajstić information content (AvgIpc) is 2.30. The smallest absolute Gasteiger partial charge is 0.146 e. The summed E-state index contributed by atoms with van der Waals surface area (Å²) >= 11 is 0. The number of halogens is 1. The van der Waals surface area contributed by atoms with Crippen LogP contribution in [0.15, 0.2) is 18.2 Å². The molecule has 1 aliphatic rings. The second kappa shape index (κ2) is 5.02. The Bertz CT molecular complexity index is 387. The monoisotopic (exact) mass is 238 g/mol. The maximum Gasteiger partial charge on any atom is 0.146 e. The van der Waals surface area contributed by atoms with E-state index in [1.807, 2.05) is 0 Å². The summed E-state index contributed by atoms with van der Waals surface area (Å²) in [5.74, 6) is -0.243. The first-order valence-corrected chi connectivity index (χ1v) is 5.99. The number of likely N-dealkylation sites (N-methyl/N-ethyl adjacent to an activating group) is 1. The molecule has 0 amide bonds. The van der Waals surface area contributed by atoms with Crippen LogP contribution in [0.25, 0.3) is 0 Å². The molecule has 0 unspecified atom stereocenters. The first-order chi connectivity index (χ1) is 8.08. The van der Waals surface area contributed by atoms with Gasteiger partial charge in [-0.25, -0.2) is 4.39 Å². The number of benzene rings is 1. The summed E-state index contributed by atoms with van der Waals surface area (Å²) < 4.78 is 13.9. The van der Waals surface area contributed by atoms with Crippen molar-refractivity contribution >= 4 is 5.69 Å². The van der Waals surface area contributed by atoms with E-state index < -0.39 is 6.10 Å². The van der Waals surface area contributed by atoms with Crippen molar-refractivity contribution in [1.82, 2.24) is 4.90 Å². The van der Waals surface area contributed by atoms with Crippen molar-refractivity contribution in [1.29, 1.82) is 0 Å². The highest BCUT2D eigenvalue weighted by atomic mass is 19.1. The fourth-order valence-electron chi connectivity index (χ4n) is 2.09. The topological polar surface area (TPSA) is 26.7 Å². The largest absolute Gasteiger partial charge is 0.389 e. The van der Waals surface area contributed by atoms with E-state index in [1.54, 1.807) is 19.1 Å². The van der Waals surface area contributed by atoms with Crippen molar-refractivity contribution in [2.24, 2.45) is 0 Å². The number of aliphatic hydroxyl groups is 1. The second-order valence-electron chi connectivity index (χ2n) is 4.68. The van der Waals surface area contributed by atoms with Gasteiger partial charge in [-0.3, -0.25) is 0 Å². The van der Waals surface area contributed by atoms with Crippen molar-refractivity contribution in [2.45, 2.75) is 13.0 Å². The minimum absolute atomic E-state index is 0.243. The molecule has 0 saturated carbocycles. The van der Waals surface area contributed by atoms with Crippen LogP contribution in [0.5, 0.6) is 0 Å². The molecule has 1 saturated heterocycles. The summed E-state index contributed by atoms with van der Waals surface area (Å²) in [5.41, 5.74) is 1.27. The molecule has 3 nitrogen and oxygen atoms in total. The van der Waals surface area contributed by atoms with Crippen LogP contribution in [0.3, 0.4) is 0 Å². The van der Waals surface area contributed by atoms with Gasteiger partial charge in [0.2, 0.25) is 0 Å². The van der Waals surface area contributed by atoms with Crippen molar-refractivity contribution in [3.8, 4) is 0 Å². The van der Waals surface area contributed by atoms with Gasteiger partial charge in [0.25, 0.3) is 0 Å². The lowest BCUT2D eigenvalue weighted by molar-refractivity contribution is 0.199. The highest BCUT2D eigenvalue weighted by Gasteiger charge is 2.17. The summed E-state index contributed by atoms with van der Waals surface area (Å²) in [7, 11) is 2.07. The highest BCUT2D eigenvalue weighted by Crippen LogP contribution is 2.24. The van der Waals surface area contributed by atoms with Crippen LogP contribution in [0.4, 0.5) is 10.1 Å². The van der Waals surface area contributed by atoms with Gasteiger partial charge in [-0.05, 0) is 31.7 Å². The van der Waals surface area contributed by atoms with Crippen molar-refractivity contribution in [3.05, 3.63) is 29.6 Å². The summed E-state index contributed by atoms with van der Waals surface area (Å²) in [4.78, 5) is 4.29. The molecule has 2 rings (SSSR count). The van der Waals surface area contributed by atoms with Crippen molar-refractivity contribution in [3.63, 3.8) is 0 Å². The summed E-state index contributed by atoms with van der Waals surface area (Å²) in [6, 6.07) is 4.99. The van der Waals surface area contributed by atoms with Crippen LogP contribution < -0.4 is 4.90 Å². The fraction of sp³-hybridized carbons (Fsp3) is 0.538. The summed E-state index contributed by atoms with van der Waals surface area (Å²) in [6.07, 6.45) is -0.619. The van der Waals surface area contributed by atoms with E-state index in [0.717, 1.165) is 26.2 Å². The quantitative estimate of drug-likeness (QED) is 0.848. The molecule has 0 bridgehead atoms. The molecule has 1 fully saturated rings. The van der Waals surface area contributed by atoms with Crippen LogP contribution in [0.2, 0.25) is 0 Å². The van der Waals surface area contributed by atoms with Crippen LogP contribution >= 0.6 is 0 Å². The second-order valence-corrected chi connectivity index (χ2v) is 4.68. The Labute approximate surface area is 101 Å². The standard InChI is InChI=1S/C13H19FN2O/c1-10(17)11-3-4-13(12(14)9-11)16-7-5-15(2)6-8-16/h3-4,9-10,17H,5-8H2,1-2H3/t10-/m1/s1. The third-order valence-corrected chi connectivity index (χ3v) is 3.30. The van der Waals surface area contributed by atoms with E-state index in [1.165, 1.54) is 6.07 Å². The molecule has 94 valence electrons. The Kier molecular flexibility index (Phi) is 3.64. The third-order valence-electron chi connectivity index (χ3n) is 3.30. The summed E-state index contributed by atoms with van der Waals surface area (Å²) in [6.45, 7) is 5.25. The van der Waals surface area contributed by atoms with Gasteiger partial charge in [0.15, 0.2) is 0 Å². The Morgan fingerprint density at radius 3 is 2.41 bits per heavy atom. The Hall–Kier alpha value is -1.13. The van der Waals surface area contributed by atoms with E-state index in [2.05, 4.69) is 16.8 Å². The first-order valence-electron chi connectivity index (χ1n) is 5.99. The van der Waals surface area contributed by atoms with Crippen LogP contribution in [0.1, 0.15) is 18.6 Å². The molecule has 17 heavy (non-hydrogen) atoms. The fourth-order valence-corrected chi connectivity index (χ4v) is 2.09. The molecule has 0 spiro atoms. The third kappa shape index (κ3) is 2.76. The van der Waals surface area contributed by atoms with Gasteiger partial charge in [-0.1, -0.05) is 6.07 Å². The van der Waals surface area contributed by atoms with E-state index in [4.69, 9.17) is 0 Å². The van der Waals surface area contributed by atoms with Gasteiger partial charge in [-0.2, -0.15) is 0 Å². The molecule has 1 aromatic rings. The van der Waals surface area contributed by atoms with E-state index in [0.29, 0.717) is 11.3 Å². The van der Waals surface area contributed by atoms with Crippen molar-refractivity contribution < 1.29 is 9.50 Å². The van der Waals surface area contributed by atoms with Gasteiger partial charge in [0.1, 0.15) is 5.82 Å². The maximum atomic E-state index is 13.9. The van der Waals surface area contributed by atoms with Crippen molar-refractivity contribution in [2.75, 3.05) is 38.1 Å². The number of nitrogens with zero attached hydrogens (tertiary/aromatic N) is 2. The first kappa shape index (κ1) is 12.3. The van der Waals surface area contributed by atoms with Crippen LogP contribution in [-0.2, 0) is 0 Å². The molecule has 1 aliphatic heterocycles. The lowest BCUT2D eigenvalue weighted by atomic mass is 10.1. The predicted molar refractivity (Wildman–Crippen MR) is 66.7 cm³/mol. The minimum atomic E-state index is -0.619. The van der Waals surface area contributed by atoms with Gasteiger partial charge < -0.3 is 14.9 Å². The molecule has 0 radical (unpaired) electrons. The van der Waals surface area contributed by atoms with Crippen LogP contribution in [-0.4, -0.2) is 43.2 Å². The zero-order valence-corrected chi connectivity index (χ0v) is 10.4. The van der Waals surface area contributed by atoms with E-state index in [9.17, 15) is 9.50 Å². The zero-order valence-electron chi connectivity index (χ0n) is 10.4. The van der Waals surface area contributed by atoms with Gasteiger partial charge in [0, 0.05) is 26.2 Å². The molecular formula is C13H19FN2O. The van der Waals surface area contributed by atoms with Gasteiger partial charge in [0.05, 0.1) is 11.8 Å². The maximum absolute atomic E-state index is 13.9. The molecule has 4 heteroatoms. The van der Waals surface area contributed by atoms with Crippen LogP contribution in [0, 0.1) is 5.82 Å². The Morgan fingerprint density at radius 1 is 1.24 bits per heavy atom. The minimum Gasteiger partial charge on any atom is -0.389 e. The van der Waals surface area contributed by atoms with E-state index >= 15 is 0 Å². The Balaban J connectivity index is 2.16. The number of hydrogen-bond acceptors (Lipinski definition) is 3. The molecule has 0 aliphatic carbocycles. The number of aliphatic hydroxyl groups excluding tert-OH is 1. The lowest BCUT2D eigenvalue weighted by Crippen LogP contribution is -2.44. The lowest BCUT2D eigenvalue weighted by Gasteiger charge is -2.34. The average molecular weight is 238 g/mol. The molecule has 1 N–H and O–H groups in total. The molecular weight excluding hydrogens is 219 g/mol. The number of rotatable bonds is 2. The zero-order chi connectivity index (χ0) is 12.4. The normalized spacial score (nSPS) is 19.4. The van der Waals surface area contributed by atoms with Gasteiger partial charge >= 0.3 is 0 Å². The summed E-state index contributed by atoms with van der Waals surface area (Å²) in [5, 5.41) is 9.40. The van der Waals surface area contributed by atoms with E-state index in [-0.39, 0.29) is 5.82 Å².